The summed E-state index contributed by atoms with van der Waals surface area (Å²) in [4.78, 5) is 0. The molecule has 0 unspecified atom stereocenters. The molecule has 1 aliphatic carbocycles. The second-order valence-corrected chi connectivity index (χ2v) is 9.86. The second kappa shape index (κ2) is 7.75. The number of hydrogen-bond donors (Lipinski definition) is 0. The van der Waals surface area contributed by atoms with E-state index >= 15 is 0 Å². The Morgan fingerprint density at radius 3 is 1.96 bits per heavy atom. The van der Waals surface area contributed by atoms with E-state index in [1.54, 1.807) is 15.9 Å². The molecule has 0 aliphatic heterocycles. The lowest BCUT2D eigenvalue weighted by atomic mass is 10.2. The molecule has 2 aromatic rings. The summed E-state index contributed by atoms with van der Waals surface area (Å²) in [6.45, 7) is 2.31. The fourth-order valence-electron chi connectivity index (χ4n) is 3.55. The summed E-state index contributed by atoms with van der Waals surface area (Å²) < 4.78 is 0. The zero-order chi connectivity index (χ0) is 16.0. The maximum absolute atomic E-state index is 2.41. The highest BCUT2D eigenvalue weighted by Gasteiger charge is 2.45. The molecule has 3 rings (SSSR count). The van der Waals surface area contributed by atoms with Crippen LogP contribution in [0.4, 0.5) is 0 Å². The maximum atomic E-state index is 2.41. The molecule has 0 amide bonds. The molecule has 0 bridgehead atoms. The van der Waals surface area contributed by atoms with Gasteiger partial charge in [0.15, 0.2) is 0 Å². The fraction of sp³-hybridized carbons (Fsp3) is 0.273. The lowest BCUT2D eigenvalue weighted by Crippen LogP contribution is -2.26. The van der Waals surface area contributed by atoms with Crippen LogP contribution < -0.4 is 10.6 Å². The molecule has 0 atom stereocenters. The van der Waals surface area contributed by atoms with Crippen molar-refractivity contribution >= 4 is 17.9 Å². The molecular weight excluding hydrogens is 295 g/mol. The topological polar surface area (TPSA) is 0 Å². The highest BCUT2D eigenvalue weighted by Crippen LogP contribution is 2.65. The fourth-order valence-corrected chi connectivity index (χ4v) is 8.32. The summed E-state index contributed by atoms with van der Waals surface area (Å²) in [5.74, 6) is 0. The Morgan fingerprint density at radius 2 is 1.48 bits per heavy atom. The number of rotatable bonds is 6. The van der Waals surface area contributed by atoms with E-state index in [-0.39, 0.29) is 0 Å². The van der Waals surface area contributed by atoms with E-state index in [1.807, 2.05) is 0 Å². The molecular formula is C22H26P+. The van der Waals surface area contributed by atoms with Crippen LogP contribution in [0.1, 0.15) is 32.6 Å². The largest absolute Gasteiger partial charge is 0.107 e. The van der Waals surface area contributed by atoms with Crippen LogP contribution in [0.2, 0.25) is 0 Å². The van der Waals surface area contributed by atoms with E-state index in [0.717, 1.165) is 0 Å². The molecule has 0 saturated carbocycles. The summed E-state index contributed by atoms with van der Waals surface area (Å²) in [7, 11) is -1.48. The van der Waals surface area contributed by atoms with Crippen molar-refractivity contribution in [1.29, 1.82) is 0 Å². The number of unbranched alkanes of at least 4 members (excludes halogenated alkanes) is 1. The Balaban J connectivity index is 2.20. The van der Waals surface area contributed by atoms with E-state index in [0.29, 0.717) is 0 Å². The molecule has 0 radical (unpaired) electrons. The molecule has 0 N–H and O–H groups in total. The smallest absolute Gasteiger partial charge is 0.0839 e. The van der Waals surface area contributed by atoms with Crippen LogP contribution in [0.3, 0.4) is 0 Å². The second-order valence-electron chi connectivity index (χ2n) is 6.18. The summed E-state index contributed by atoms with van der Waals surface area (Å²) in [6.07, 6.45) is 13.2. The molecule has 1 aliphatic rings. The third-order valence-corrected chi connectivity index (χ3v) is 9.42. The van der Waals surface area contributed by atoms with E-state index < -0.39 is 7.26 Å². The predicted molar refractivity (Wildman–Crippen MR) is 105 cm³/mol. The Hall–Kier alpha value is -1.65. The van der Waals surface area contributed by atoms with Gasteiger partial charge in [-0.25, -0.2) is 0 Å². The molecule has 23 heavy (non-hydrogen) atoms. The van der Waals surface area contributed by atoms with Crippen LogP contribution in [-0.2, 0) is 0 Å². The third kappa shape index (κ3) is 3.33. The minimum atomic E-state index is -1.48. The standard InChI is InChI=1S/C22H26P/c1-2-3-19-23(20-13-7-4-8-14-20,21-15-9-5-10-16-21)22-17-11-6-12-18-22/h4-11,13-17H,2-3,12,18-19H2,1H3/q+1. The Bertz CT molecular complexity index is 628. The first-order valence-corrected chi connectivity index (χ1v) is 10.7. The van der Waals surface area contributed by atoms with E-state index in [2.05, 4.69) is 85.8 Å². The first-order chi connectivity index (χ1) is 11.4. The molecule has 0 aromatic heterocycles. The third-order valence-electron chi connectivity index (χ3n) is 4.72. The van der Waals surface area contributed by atoms with Crippen molar-refractivity contribution in [2.75, 3.05) is 6.16 Å². The van der Waals surface area contributed by atoms with Gasteiger partial charge in [-0.1, -0.05) is 61.9 Å². The molecule has 2 aromatic carbocycles. The lowest BCUT2D eigenvalue weighted by Gasteiger charge is -2.30. The number of allylic oxidation sites excluding steroid dienone is 4. The summed E-state index contributed by atoms with van der Waals surface area (Å²) >= 11 is 0. The Kier molecular flexibility index (Phi) is 5.47. The van der Waals surface area contributed by atoms with Gasteiger partial charge in [-0.2, -0.15) is 0 Å². The van der Waals surface area contributed by atoms with Crippen LogP contribution in [0.15, 0.2) is 84.2 Å². The van der Waals surface area contributed by atoms with Crippen molar-refractivity contribution in [1.82, 2.24) is 0 Å². The first-order valence-electron chi connectivity index (χ1n) is 8.73. The van der Waals surface area contributed by atoms with Gasteiger partial charge in [-0.05, 0) is 43.2 Å². The first kappa shape index (κ1) is 16.2. The Morgan fingerprint density at radius 1 is 0.870 bits per heavy atom. The highest BCUT2D eigenvalue weighted by atomic mass is 31.2. The van der Waals surface area contributed by atoms with E-state index in [9.17, 15) is 0 Å². The van der Waals surface area contributed by atoms with Gasteiger partial charge < -0.3 is 0 Å². The molecule has 0 nitrogen and oxygen atoms in total. The molecule has 0 spiro atoms. The summed E-state index contributed by atoms with van der Waals surface area (Å²) in [5, 5.41) is 4.76. The zero-order valence-corrected chi connectivity index (χ0v) is 14.9. The molecule has 0 fully saturated rings. The summed E-state index contributed by atoms with van der Waals surface area (Å²) in [6, 6.07) is 22.5. The van der Waals surface area contributed by atoms with Crippen LogP contribution in [0.25, 0.3) is 0 Å². The van der Waals surface area contributed by atoms with Gasteiger partial charge in [0, 0.05) is 6.42 Å². The molecule has 1 heteroatoms. The summed E-state index contributed by atoms with van der Waals surface area (Å²) in [5.41, 5.74) is 0. The number of benzene rings is 2. The van der Waals surface area contributed by atoms with Crippen molar-refractivity contribution in [2.24, 2.45) is 0 Å². The minimum absolute atomic E-state index is 1.18. The normalized spacial score (nSPS) is 14.6. The van der Waals surface area contributed by atoms with Gasteiger partial charge in [-0.3, -0.25) is 0 Å². The van der Waals surface area contributed by atoms with Gasteiger partial charge in [0.25, 0.3) is 0 Å². The van der Waals surface area contributed by atoms with Crippen LogP contribution >= 0.6 is 7.26 Å². The molecule has 0 heterocycles. The van der Waals surface area contributed by atoms with E-state index in [4.69, 9.17) is 0 Å². The predicted octanol–water partition coefficient (Wildman–Crippen LogP) is 5.69. The minimum Gasteiger partial charge on any atom is -0.0839 e. The van der Waals surface area contributed by atoms with Gasteiger partial charge in [-0.15, -0.1) is 0 Å². The van der Waals surface area contributed by atoms with Gasteiger partial charge >= 0.3 is 0 Å². The van der Waals surface area contributed by atoms with Crippen molar-refractivity contribution in [2.45, 2.75) is 32.6 Å². The average molecular weight is 321 g/mol. The van der Waals surface area contributed by atoms with Crippen molar-refractivity contribution in [3.8, 4) is 0 Å². The maximum Gasteiger partial charge on any atom is 0.107 e. The van der Waals surface area contributed by atoms with Crippen molar-refractivity contribution < 1.29 is 0 Å². The van der Waals surface area contributed by atoms with E-state index in [1.165, 1.54) is 31.8 Å². The van der Waals surface area contributed by atoms with Crippen LogP contribution in [0.5, 0.6) is 0 Å². The Labute approximate surface area is 141 Å². The quantitative estimate of drug-likeness (QED) is 0.600. The molecule has 118 valence electrons. The lowest BCUT2D eigenvalue weighted by molar-refractivity contribution is 0.888. The average Bonchev–Trinajstić information content (AvgIpc) is 2.65. The SMILES string of the molecule is CCCC[P+](C1=CC=CCC1)(c1ccccc1)c1ccccc1. The van der Waals surface area contributed by atoms with Crippen LogP contribution in [0, 0.1) is 0 Å². The van der Waals surface area contributed by atoms with Gasteiger partial charge in [0.05, 0.1) is 11.5 Å². The zero-order valence-electron chi connectivity index (χ0n) is 14.0. The van der Waals surface area contributed by atoms with Crippen molar-refractivity contribution in [3.05, 3.63) is 84.2 Å². The highest BCUT2D eigenvalue weighted by molar-refractivity contribution is 7.93. The van der Waals surface area contributed by atoms with Gasteiger partial charge in [0.2, 0.25) is 0 Å². The van der Waals surface area contributed by atoms with Gasteiger partial charge in [0.1, 0.15) is 17.9 Å². The van der Waals surface area contributed by atoms with Crippen molar-refractivity contribution in [3.63, 3.8) is 0 Å². The van der Waals surface area contributed by atoms with Crippen LogP contribution in [-0.4, -0.2) is 6.16 Å². The number of hydrogen-bond acceptors (Lipinski definition) is 0. The monoisotopic (exact) mass is 321 g/mol. The molecule has 0 saturated heterocycles.